The Morgan fingerprint density at radius 1 is 1.17 bits per heavy atom. The summed E-state index contributed by atoms with van der Waals surface area (Å²) in [6.07, 6.45) is 10.1. The Morgan fingerprint density at radius 3 is 2.65 bits per heavy atom. The zero-order valence-corrected chi connectivity index (χ0v) is 13.5. The summed E-state index contributed by atoms with van der Waals surface area (Å²) in [4.78, 5) is 4.05. The fraction of sp³-hybridized carbons (Fsp3) is 0.300. The third-order valence-electron chi connectivity index (χ3n) is 3.55. The van der Waals surface area contributed by atoms with Crippen molar-refractivity contribution < 1.29 is 4.74 Å². The van der Waals surface area contributed by atoms with Crippen molar-refractivity contribution in [2.24, 2.45) is 0 Å². The van der Waals surface area contributed by atoms with Gasteiger partial charge in [-0.25, -0.2) is 0 Å². The first-order valence-electron chi connectivity index (χ1n) is 8.08. The number of hydrogen-bond acceptors (Lipinski definition) is 3. The van der Waals surface area contributed by atoms with Gasteiger partial charge in [-0.15, -0.1) is 0 Å². The van der Waals surface area contributed by atoms with Crippen LogP contribution >= 0.6 is 0 Å². The number of nitrogens with zero attached hydrogens (tertiary/aromatic N) is 2. The fourth-order valence-corrected chi connectivity index (χ4v) is 2.25. The van der Waals surface area contributed by atoms with Crippen LogP contribution < -0.4 is 4.74 Å². The third-order valence-corrected chi connectivity index (χ3v) is 3.55. The summed E-state index contributed by atoms with van der Waals surface area (Å²) >= 11 is 0. The molecule has 0 fully saturated rings. The topological polar surface area (TPSA) is 45.9 Å². The number of pyridine rings is 1. The lowest BCUT2D eigenvalue weighted by atomic mass is 10.1. The molecule has 0 unspecified atom stereocenters. The van der Waals surface area contributed by atoms with Gasteiger partial charge in [0.15, 0.2) is 0 Å². The van der Waals surface area contributed by atoms with E-state index in [1.807, 2.05) is 42.5 Å². The number of benzene rings is 1. The number of allylic oxidation sites excluding steroid dienone is 1. The van der Waals surface area contributed by atoms with Crippen molar-refractivity contribution in [1.29, 1.82) is 5.26 Å². The van der Waals surface area contributed by atoms with Crippen LogP contribution in [0.25, 0.3) is 11.6 Å². The summed E-state index contributed by atoms with van der Waals surface area (Å²) < 4.78 is 5.73. The van der Waals surface area contributed by atoms with Gasteiger partial charge in [0, 0.05) is 18.0 Å². The van der Waals surface area contributed by atoms with Crippen molar-refractivity contribution in [1.82, 2.24) is 4.98 Å². The van der Waals surface area contributed by atoms with Crippen molar-refractivity contribution in [3.63, 3.8) is 0 Å². The molecule has 0 aliphatic carbocycles. The lowest BCUT2D eigenvalue weighted by Gasteiger charge is -2.06. The molecule has 1 aromatic carbocycles. The minimum atomic E-state index is 0.603. The molecule has 0 saturated carbocycles. The Labute approximate surface area is 138 Å². The molecule has 0 aliphatic rings. The summed E-state index contributed by atoms with van der Waals surface area (Å²) in [7, 11) is 0. The highest BCUT2D eigenvalue weighted by Crippen LogP contribution is 2.19. The molecule has 3 nitrogen and oxygen atoms in total. The van der Waals surface area contributed by atoms with Gasteiger partial charge in [-0.05, 0) is 36.3 Å². The Morgan fingerprint density at radius 2 is 2.00 bits per heavy atom. The first-order valence-corrected chi connectivity index (χ1v) is 8.08. The van der Waals surface area contributed by atoms with E-state index in [-0.39, 0.29) is 0 Å². The lowest BCUT2D eigenvalue weighted by molar-refractivity contribution is 0.305. The molecule has 23 heavy (non-hydrogen) atoms. The standard InChI is InChI=1S/C20H22N2O/c1-2-3-4-5-13-23-20-10-8-17(9-11-20)14-19(15-21)18-7-6-12-22-16-18/h6-12,14,16H,2-5,13H2,1H3. The minimum absolute atomic E-state index is 0.603. The average molecular weight is 306 g/mol. The Kier molecular flexibility index (Phi) is 6.87. The number of hydrogen-bond donors (Lipinski definition) is 0. The van der Waals surface area contributed by atoms with Gasteiger partial charge in [-0.3, -0.25) is 4.98 Å². The van der Waals surface area contributed by atoms with E-state index in [0.29, 0.717) is 5.57 Å². The molecule has 1 heterocycles. The number of unbranched alkanes of at least 4 members (excludes halogenated alkanes) is 3. The molecule has 3 heteroatoms. The van der Waals surface area contributed by atoms with Crippen LogP contribution in [0.5, 0.6) is 5.75 Å². The van der Waals surface area contributed by atoms with Gasteiger partial charge in [0.05, 0.1) is 18.2 Å². The molecule has 0 aliphatic heterocycles. The van der Waals surface area contributed by atoms with Gasteiger partial charge in [0.1, 0.15) is 5.75 Å². The van der Waals surface area contributed by atoms with Gasteiger partial charge in [-0.2, -0.15) is 5.26 Å². The van der Waals surface area contributed by atoms with Crippen molar-refractivity contribution in [2.75, 3.05) is 6.61 Å². The SMILES string of the molecule is CCCCCCOc1ccc(C=C(C#N)c2cccnc2)cc1. The molecule has 0 bridgehead atoms. The molecule has 0 spiro atoms. The Balaban J connectivity index is 1.96. The van der Waals surface area contributed by atoms with Gasteiger partial charge in [0.25, 0.3) is 0 Å². The maximum Gasteiger partial charge on any atom is 0.119 e. The number of rotatable bonds is 8. The van der Waals surface area contributed by atoms with Gasteiger partial charge < -0.3 is 4.74 Å². The average Bonchev–Trinajstić information content (AvgIpc) is 2.61. The Hall–Kier alpha value is -2.60. The molecule has 0 radical (unpaired) electrons. The molecule has 2 aromatic rings. The summed E-state index contributed by atoms with van der Waals surface area (Å²) in [6.45, 7) is 2.96. The highest BCUT2D eigenvalue weighted by atomic mass is 16.5. The van der Waals surface area contributed by atoms with Crippen molar-refractivity contribution in [2.45, 2.75) is 32.6 Å². The van der Waals surface area contributed by atoms with E-state index < -0.39 is 0 Å². The fourth-order valence-electron chi connectivity index (χ4n) is 2.25. The molecular formula is C20H22N2O. The van der Waals surface area contributed by atoms with E-state index in [1.165, 1.54) is 19.3 Å². The number of nitriles is 1. The van der Waals surface area contributed by atoms with Crippen LogP contribution in [0, 0.1) is 11.3 Å². The monoisotopic (exact) mass is 306 g/mol. The van der Waals surface area contributed by atoms with Crippen LogP contribution in [0.4, 0.5) is 0 Å². The van der Waals surface area contributed by atoms with Crippen LogP contribution in [-0.2, 0) is 0 Å². The minimum Gasteiger partial charge on any atom is -0.494 e. The van der Waals surface area contributed by atoms with E-state index in [4.69, 9.17) is 4.74 Å². The Bertz CT molecular complexity index is 654. The second-order valence-electron chi connectivity index (χ2n) is 5.39. The van der Waals surface area contributed by atoms with Crippen LogP contribution in [0.2, 0.25) is 0 Å². The molecule has 0 N–H and O–H groups in total. The van der Waals surface area contributed by atoms with Crippen LogP contribution in [0.1, 0.15) is 43.7 Å². The maximum absolute atomic E-state index is 9.31. The second-order valence-corrected chi connectivity index (χ2v) is 5.39. The second kappa shape index (κ2) is 9.42. The summed E-state index contributed by atoms with van der Waals surface area (Å²) in [5.41, 5.74) is 2.40. The molecule has 1 aromatic heterocycles. The molecular weight excluding hydrogens is 284 g/mol. The first-order chi connectivity index (χ1) is 11.3. The lowest BCUT2D eigenvalue weighted by Crippen LogP contribution is -1.96. The summed E-state index contributed by atoms with van der Waals surface area (Å²) in [5.74, 6) is 0.874. The predicted molar refractivity (Wildman–Crippen MR) is 93.8 cm³/mol. The van der Waals surface area contributed by atoms with Gasteiger partial charge in [0.2, 0.25) is 0 Å². The summed E-state index contributed by atoms with van der Waals surface area (Å²) in [6, 6.07) is 13.8. The predicted octanol–water partition coefficient (Wildman–Crippen LogP) is 5.10. The summed E-state index contributed by atoms with van der Waals surface area (Å²) in [5, 5.41) is 9.31. The molecule has 0 saturated heterocycles. The van der Waals surface area contributed by atoms with Gasteiger partial charge >= 0.3 is 0 Å². The smallest absolute Gasteiger partial charge is 0.119 e. The molecule has 2 rings (SSSR count). The molecule has 0 atom stereocenters. The highest BCUT2D eigenvalue weighted by Gasteiger charge is 2.01. The van der Waals surface area contributed by atoms with E-state index in [0.717, 1.165) is 29.9 Å². The van der Waals surface area contributed by atoms with Crippen molar-refractivity contribution in [3.8, 4) is 11.8 Å². The largest absolute Gasteiger partial charge is 0.494 e. The van der Waals surface area contributed by atoms with Crippen LogP contribution in [-0.4, -0.2) is 11.6 Å². The van der Waals surface area contributed by atoms with Crippen LogP contribution in [0.15, 0.2) is 48.8 Å². The first kappa shape index (κ1) is 16.8. The quantitative estimate of drug-likeness (QED) is 0.503. The number of ether oxygens (including phenoxy) is 1. The molecule has 0 amide bonds. The van der Waals surface area contributed by atoms with Crippen LogP contribution in [0.3, 0.4) is 0 Å². The van der Waals surface area contributed by atoms with Crippen molar-refractivity contribution in [3.05, 3.63) is 59.9 Å². The van der Waals surface area contributed by atoms with E-state index in [1.54, 1.807) is 12.4 Å². The van der Waals surface area contributed by atoms with E-state index in [2.05, 4.69) is 18.0 Å². The third kappa shape index (κ3) is 5.60. The molecule has 118 valence electrons. The van der Waals surface area contributed by atoms with Gasteiger partial charge in [-0.1, -0.05) is 44.4 Å². The highest BCUT2D eigenvalue weighted by molar-refractivity contribution is 5.89. The zero-order valence-electron chi connectivity index (χ0n) is 13.5. The van der Waals surface area contributed by atoms with Crippen molar-refractivity contribution >= 4 is 11.6 Å². The van der Waals surface area contributed by atoms with E-state index in [9.17, 15) is 5.26 Å². The zero-order chi connectivity index (χ0) is 16.3. The number of aromatic nitrogens is 1. The maximum atomic E-state index is 9.31. The normalized spacial score (nSPS) is 11.0. The van der Waals surface area contributed by atoms with E-state index >= 15 is 0 Å².